The Labute approximate surface area is 133 Å². The molecule has 1 atom stereocenters. The molecule has 0 radical (unpaired) electrons. The number of nitro benzene ring substituents is 1. The van der Waals surface area contributed by atoms with Crippen LogP contribution in [-0.2, 0) is 9.59 Å². The SMILES string of the molecule is CCCC[C@H](NC(=O)CCOc1ccccc1[N+](=O)[O-])C(=O)O. The fourth-order valence-electron chi connectivity index (χ4n) is 1.92. The van der Waals surface area contributed by atoms with E-state index < -0.39 is 22.8 Å². The van der Waals surface area contributed by atoms with E-state index in [2.05, 4.69) is 5.32 Å². The average molecular weight is 324 g/mol. The first kappa shape index (κ1) is 18.4. The lowest BCUT2D eigenvalue weighted by Gasteiger charge is -2.14. The third-order valence-electron chi connectivity index (χ3n) is 3.13. The Bertz CT molecular complexity index is 561. The fraction of sp³-hybridized carbons (Fsp3) is 0.467. The van der Waals surface area contributed by atoms with Crippen LogP contribution in [0.15, 0.2) is 24.3 Å². The maximum atomic E-state index is 11.7. The van der Waals surface area contributed by atoms with Crippen molar-refractivity contribution in [3.63, 3.8) is 0 Å². The Kier molecular flexibility index (Phi) is 7.52. The quantitative estimate of drug-likeness (QED) is 0.502. The van der Waals surface area contributed by atoms with Crippen LogP contribution in [0.5, 0.6) is 5.75 Å². The van der Waals surface area contributed by atoms with Crippen molar-refractivity contribution in [2.24, 2.45) is 0 Å². The summed E-state index contributed by atoms with van der Waals surface area (Å²) in [6.45, 7) is 1.86. The van der Waals surface area contributed by atoms with Crippen molar-refractivity contribution in [1.29, 1.82) is 0 Å². The average Bonchev–Trinajstić information content (AvgIpc) is 2.51. The van der Waals surface area contributed by atoms with Gasteiger partial charge in [-0.05, 0) is 12.5 Å². The summed E-state index contributed by atoms with van der Waals surface area (Å²) in [4.78, 5) is 33.0. The monoisotopic (exact) mass is 324 g/mol. The number of carbonyl (C=O) groups excluding carboxylic acids is 1. The Balaban J connectivity index is 2.47. The highest BCUT2D eigenvalue weighted by Gasteiger charge is 2.19. The van der Waals surface area contributed by atoms with Crippen molar-refractivity contribution >= 4 is 17.6 Å². The third kappa shape index (κ3) is 6.33. The normalized spacial score (nSPS) is 11.5. The van der Waals surface area contributed by atoms with Gasteiger partial charge < -0.3 is 15.2 Å². The van der Waals surface area contributed by atoms with Crippen LogP contribution in [0.4, 0.5) is 5.69 Å². The van der Waals surface area contributed by atoms with Gasteiger partial charge in [0.1, 0.15) is 6.04 Å². The van der Waals surface area contributed by atoms with Crippen LogP contribution >= 0.6 is 0 Å². The van der Waals surface area contributed by atoms with E-state index in [0.717, 1.165) is 6.42 Å². The van der Waals surface area contributed by atoms with Gasteiger partial charge in [0.2, 0.25) is 5.91 Å². The maximum Gasteiger partial charge on any atom is 0.326 e. The van der Waals surface area contributed by atoms with Crippen LogP contribution in [0, 0.1) is 10.1 Å². The molecular formula is C15H20N2O6. The predicted molar refractivity (Wildman–Crippen MR) is 82.3 cm³/mol. The molecule has 1 aromatic rings. The summed E-state index contributed by atoms with van der Waals surface area (Å²) >= 11 is 0. The summed E-state index contributed by atoms with van der Waals surface area (Å²) in [6.07, 6.45) is 1.81. The molecular weight excluding hydrogens is 304 g/mol. The number of nitro groups is 1. The molecule has 0 aliphatic carbocycles. The zero-order chi connectivity index (χ0) is 17.2. The van der Waals surface area contributed by atoms with Crippen molar-refractivity contribution in [3.05, 3.63) is 34.4 Å². The minimum absolute atomic E-state index is 0.0726. The van der Waals surface area contributed by atoms with Gasteiger partial charge in [-0.3, -0.25) is 14.9 Å². The van der Waals surface area contributed by atoms with Gasteiger partial charge in [0, 0.05) is 6.07 Å². The first-order valence-electron chi connectivity index (χ1n) is 7.34. The lowest BCUT2D eigenvalue weighted by molar-refractivity contribution is -0.385. The smallest absolute Gasteiger partial charge is 0.326 e. The summed E-state index contributed by atoms with van der Waals surface area (Å²) in [5.74, 6) is -1.47. The van der Waals surface area contributed by atoms with Gasteiger partial charge in [0.25, 0.3) is 0 Å². The molecule has 0 aromatic heterocycles. The number of ether oxygens (including phenoxy) is 1. The second-order valence-electron chi connectivity index (χ2n) is 4.92. The lowest BCUT2D eigenvalue weighted by atomic mass is 10.1. The standard InChI is InChI=1S/C15H20N2O6/c1-2-3-6-11(15(19)20)16-14(18)9-10-23-13-8-5-4-7-12(13)17(21)22/h4-5,7-8,11H,2-3,6,9-10H2,1H3,(H,16,18)(H,19,20)/t11-/m0/s1. The molecule has 0 spiro atoms. The number of carboxylic acid groups (broad SMARTS) is 1. The van der Waals surface area contributed by atoms with E-state index >= 15 is 0 Å². The van der Waals surface area contributed by atoms with E-state index in [4.69, 9.17) is 9.84 Å². The molecule has 0 aliphatic heterocycles. The Morgan fingerprint density at radius 1 is 1.39 bits per heavy atom. The van der Waals surface area contributed by atoms with Crippen LogP contribution in [0.1, 0.15) is 32.6 Å². The van der Waals surface area contributed by atoms with E-state index in [9.17, 15) is 19.7 Å². The first-order chi connectivity index (χ1) is 11.0. The van der Waals surface area contributed by atoms with Crippen molar-refractivity contribution in [2.75, 3.05) is 6.61 Å². The van der Waals surface area contributed by atoms with E-state index in [1.807, 2.05) is 6.92 Å². The largest absolute Gasteiger partial charge is 0.486 e. The highest BCUT2D eigenvalue weighted by Crippen LogP contribution is 2.25. The van der Waals surface area contributed by atoms with Crippen LogP contribution < -0.4 is 10.1 Å². The van der Waals surface area contributed by atoms with E-state index in [0.29, 0.717) is 12.8 Å². The van der Waals surface area contributed by atoms with Crippen LogP contribution in [0.2, 0.25) is 0 Å². The number of nitrogens with zero attached hydrogens (tertiary/aromatic N) is 1. The highest BCUT2D eigenvalue weighted by atomic mass is 16.6. The van der Waals surface area contributed by atoms with Crippen molar-refractivity contribution in [3.8, 4) is 5.75 Å². The van der Waals surface area contributed by atoms with Crippen molar-refractivity contribution in [1.82, 2.24) is 5.32 Å². The van der Waals surface area contributed by atoms with Gasteiger partial charge in [-0.1, -0.05) is 31.9 Å². The summed E-state index contributed by atoms with van der Waals surface area (Å²) in [5.41, 5.74) is -0.181. The number of carboxylic acids is 1. The minimum atomic E-state index is -1.08. The number of amides is 1. The molecule has 1 aromatic carbocycles. The molecule has 0 aliphatic rings. The zero-order valence-corrected chi connectivity index (χ0v) is 12.9. The second kappa shape index (κ2) is 9.39. The molecule has 23 heavy (non-hydrogen) atoms. The molecule has 8 nitrogen and oxygen atoms in total. The molecule has 0 saturated heterocycles. The minimum Gasteiger partial charge on any atom is -0.486 e. The molecule has 0 bridgehead atoms. The summed E-state index contributed by atoms with van der Waals surface area (Å²) < 4.78 is 5.24. The third-order valence-corrected chi connectivity index (χ3v) is 3.13. The van der Waals surface area contributed by atoms with Gasteiger partial charge in [0.05, 0.1) is 18.0 Å². The Morgan fingerprint density at radius 2 is 2.09 bits per heavy atom. The number of aliphatic carboxylic acids is 1. The number of hydrogen-bond donors (Lipinski definition) is 2. The van der Waals surface area contributed by atoms with Gasteiger partial charge in [-0.2, -0.15) is 0 Å². The maximum absolute atomic E-state index is 11.7. The number of hydrogen-bond acceptors (Lipinski definition) is 5. The second-order valence-corrected chi connectivity index (χ2v) is 4.92. The highest BCUT2D eigenvalue weighted by molar-refractivity contribution is 5.83. The molecule has 1 rings (SSSR count). The van der Waals surface area contributed by atoms with Gasteiger partial charge in [-0.15, -0.1) is 0 Å². The number of unbranched alkanes of at least 4 members (excludes halogenated alkanes) is 1. The summed E-state index contributed by atoms with van der Waals surface area (Å²) in [7, 11) is 0. The van der Waals surface area contributed by atoms with E-state index in [1.165, 1.54) is 18.2 Å². The van der Waals surface area contributed by atoms with Crippen molar-refractivity contribution < 1.29 is 24.4 Å². The number of nitrogens with one attached hydrogen (secondary N) is 1. The molecule has 2 N–H and O–H groups in total. The van der Waals surface area contributed by atoms with E-state index in [1.54, 1.807) is 6.07 Å². The number of para-hydroxylation sites is 2. The zero-order valence-electron chi connectivity index (χ0n) is 12.9. The van der Waals surface area contributed by atoms with Crippen LogP contribution in [0.3, 0.4) is 0 Å². The number of carbonyl (C=O) groups is 2. The molecule has 126 valence electrons. The predicted octanol–water partition coefficient (Wildman–Crippen LogP) is 2.12. The van der Waals surface area contributed by atoms with Crippen LogP contribution in [0.25, 0.3) is 0 Å². The Hall–Kier alpha value is -2.64. The Morgan fingerprint density at radius 3 is 2.70 bits per heavy atom. The molecule has 0 saturated carbocycles. The molecule has 0 unspecified atom stereocenters. The summed E-state index contributed by atoms with van der Waals surface area (Å²) in [6, 6.07) is 4.93. The van der Waals surface area contributed by atoms with Gasteiger partial charge in [-0.25, -0.2) is 4.79 Å². The van der Waals surface area contributed by atoms with Gasteiger partial charge >= 0.3 is 11.7 Å². The molecule has 0 heterocycles. The topological polar surface area (TPSA) is 119 Å². The molecule has 8 heteroatoms. The molecule has 1 amide bonds. The number of rotatable bonds is 10. The summed E-state index contributed by atoms with van der Waals surface area (Å²) in [5, 5.41) is 22.3. The van der Waals surface area contributed by atoms with Gasteiger partial charge in [0.15, 0.2) is 5.75 Å². The lowest BCUT2D eigenvalue weighted by Crippen LogP contribution is -2.41. The fourth-order valence-corrected chi connectivity index (χ4v) is 1.92. The van der Waals surface area contributed by atoms with Crippen LogP contribution in [-0.4, -0.2) is 34.6 Å². The van der Waals surface area contributed by atoms with E-state index in [-0.39, 0.29) is 24.5 Å². The first-order valence-corrected chi connectivity index (χ1v) is 7.34. The van der Waals surface area contributed by atoms with Crippen molar-refractivity contribution in [2.45, 2.75) is 38.6 Å². The molecule has 0 fully saturated rings. The number of benzene rings is 1.